The molecule has 0 spiro atoms. The van der Waals surface area contributed by atoms with Crippen LogP contribution in [0.4, 0.5) is 0 Å². The van der Waals surface area contributed by atoms with Crippen LogP contribution in [0, 0.1) is 25.2 Å². The molecule has 0 aliphatic carbocycles. The van der Waals surface area contributed by atoms with Crippen LogP contribution in [0.5, 0.6) is 0 Å². The van der Waals surface area contributed by atoms with Gasteiger partial charge in [-0.1, -0.05) is 0 Å². The zero-order valence-electron chi connectivity index (χ0n) is 5.92. The molecule has 1 aromatic heterocycles. The van der Waals surface area contributed by atoms with Crippen molar-refractivity contribution in [2.75, 3.05) is 0 Å². The molecule has 1 rings (SSSR count). The van der Waals surface area contributed by atoms with Gasteiger partial charge in [0.15, 0.2) is 0 Å². The Hall–Kier alpha value is -1.43. The Morgan fingerprint density at radius 3 is 2.60 bits per heavy atom. The molecule has 0 fully saturated rings. The summed E-state index contributed by atoms with van der Waals surface area (Å²) in [5.74, 6) is 0.650. The minimum absolute atomic E-state index is 0.435. The van der Waals surface area contributed by atoms with Gasteiger partial charge < -0.3 is 0 Å². The minimum Gasteiger partial charge on any atom is -0.238 e. The minimum atomic E-state index is 0.435. The average molecular weight is 133 g/mol. The van der Waals surface area contributed by atoms with E-state index in [0.29, 0.717) is 11.5 Å². The van der Waals surface area contributed by atoms with Crippen LogP contribution in [0.1, 0.15) is 17.2 Å². The second-order valence-electron chi connectivity index (χ2n) is 2.05. The average Bonchev–Trinajstić information content (AvgIpc) is 1.85. The normalized spacial score (nSPS) is 8.90. The van der Waals surface area contributed by atoms with Crippen LogP contribution >= 0.6 is 0 Å². The zero-order valence-corrected chi connectivity index (χ0v) is 5.92. The van der Waals surface area contributed by atoms with Gasteiger partial charge in [-0.05, 0) is 19.9 Å². The summed E-state index contributed by atoms with van der Waals surface area (Å²) in [6, 6.07) is 3.62. The van der Waals surface area contributed by atoms with Crippen molar-refractivity contribution in [2.24, 2.45) is 0 Å². The van der Waals surface area contributed by atoms with E-state index in [-0.39, 0.29) is 0 Å². The summed E-state index contributed by atoms with van der Waals surface area (Å²) in [5, 5.41) is 8.45. The first kappa shape index (κ1) is 6.69. The highest BCUT2D eigenvalue weighted by Gasteiger charge is 1.94. The largest absolute Gasteiger partial charge is 0.238 e. The lowest BCUT2D eigenvalue weighted by Gasteiger charge is -1.93. The number of nitriles is 1. The first-order valence-electron chi connectivity index (χ1n) is 2.95. The highest BCUT2D eigenvalue weighted by Crippen LogP contribution is 1.96. The topological polar surface area (TPSA) is 49.6 Å². The predicted octanol–water partition coefficient (Wildman–Crippen LogP) is 0.965. The Kier molecular flexibility index (Phi) is 1.63. The fraction of sp³-hybridized carbons (Fsp3) is 0.286. The Morgan fingerprint density at radius 1 is 1.40 bits per heavy atom. The lowest BCUT2D eigenvalue weighted by molar-refractivity contribution is 0.996. The van der Waals surface area contributed by atoms with E-state index in [1.807, 2.05) is 13.0 Å². The third-order valence-corrected chi connectivity index (χ3v) is 1.08. The van der Waals surface area contributed by atoms with Crippen molar-refractivity contribution in [1.29, 1.82) is 5.26 Å². The molecule has 0 bridgehead atoms. The fourth-order valence-electron chi connectivity index (χ4n) is 0.774. The van der Waals surface area contributed by atoms with Crippen LogP contribution in [0.25, 0.3) is 0 Å². The maximum atomic E-state index is 8.45. The first-order valence-corrected chi connectivity index (χ1v) is 2.95. The second-order valence-corrected chi connectivity index (χ2v) is 2.05. The van der Waals surface area contributed by atoms with E-state index < -0.39 is 0 Å². The lowest BCUT2D eigenvalue weighted by atomic mass is 10.3. The number of hydrogen-bond donors (Lipinski definition) is 0. The Morgan fingerprint density at radius 2 is 2.10 bits per heavy atom. The maximum absolute atomic E-state index is 8.45. The van der Waals surface area contributed by atoms with Crippen molar-refractivity contribution in [1.82, 2.24) is 9.97 Å². The summed E-state index contributed by atoms with van der Waals surface area (Å²) in [5.41, 5.74) is 1.27. The molecule has 0 saturated heterocycles. The van der Waals surface area contributed by atoms with Crippen LogP contribution in [0.3, 0.4) is 0 Å². The third-order valence-electron chi connectivity index (χ3n) is 1.08. The third kappa shape index (κ3) is 1.29. The van der Waals surface area contributed by atoms with Gasteiger partial charge in [-0.25, -0.2) is 9.97 Å². The van der Waals surface area contributed by atoms with Crippen LogP contribution in [0.15, 0.2) is 6.07 Å². The van der Waals surface area contributed by atoms with Crippen LogP contribution in [0.2, 0.25) is 0 Å². The molecule has 3 nitrogen and oxygen atoms in total. The van der Waals surface area contributed by atoms with E-state index in [0.717, 1.165) is 5.69 Å². The fourth-order valence-corrected chi connectivity index (χ4v) is 0.774. The summed E-state index contributed by atoms with van der Waals surface area (Å²) in [6.45, 7) is 3.61. The summed E-state index contributed by atoms with van der Waals surface area (Å²) < 4.78 is 0. The van der Waals surface area contributed by atoms with E-state index >= 15 is 0 Å². The van der Waals surface area contributed by atoms with Crippen LogP contribution in [-0.4, -0.2) is 9.97 Å². The summed E-state index contributed by atoms with van der Waals surface area (Å²) in [6.07, 6.45) is 0. The Balaban J connectivity index is 3.22. The molecule has 0 aliphatic heterocycles. The van der Waals surface area contributed by atoms with Crippen molar-refractivity contribution in [3.8, 4) is 6.07 Å². The standard InChI is InChI=1S/C7H7N3/c1-5-3-7(4-8)10-6(2)9-5/h3H,1-2H3. The second kappa shape index (κ2) is 2.44. The molecule has 0 radical (unpaired) electrons. The summed E-state index contributed by atoms with van der Waals surface area (Å²) in [4.78, 5) is 7.90. The van der Waals surface area contributed by atoms with Gasteiger partial charge in [-0.3, -0.25) is 0 Å². The molecule has 0 aliphatic rings. The van der Waals surface area contributed by atoms with Crippen LogP contribution in [-0.2, 0) is 0 Å². The van der Waals surface area contributed by atoms with E-state index in [9.17, 15) is 0 Å². The van der Waals surface area contributed by atoms with E-state index in [2.05, 4.69) is 9.97 Å². The smallest absolute Gasteiger partial charge is 0.144 e. The molecule has 0 amide bonds. The molecule has 1 heterocycles. The molecule has 0 aromatic carbocycles. The van der Waals surface area contributed by atoms with Gasteiger partial charge in [0.1, 0.15) is 17.6 Å². The highest BCUT2D eigenvalue weighted by atomic mass is 14.9. The van der Waals surface area contributed by atoms with Gasteiger partial charge in [-0.2, -0.15) is 5.26 Å². The summed E-state index contributed by atoms with van der Waals surface area (Å²) >= 11 is 0. The molecule has 0 unspecified atom stereocenters. The molecule has 50 valence electrons. The molecular weight excluding hydrogens is 126 g/mol. The Labute approximate surface area is 59.4 Å². The summed E-state index contributed by atoms with van der Waals surface area (Å²) in [7, 11) is 0. The molecule has 0 saturated carbocycles. The molecule has 0 N–H and O–H groups in total. The number of rotatable bonds is 0. The van der Waals surface area contributed by atoms with Gasteiger partial charge in [0, 0.05) is 5.69 Å². The molecule has 3 heteroatoms. The number of nitrogens with zero attached hydrogens (tertiary/aromatic N) is 3. The van der Waals surface area contributed by atoms with E-state index in [1.54, 1.807) is 13.0 Å². The zero-order chi connectivity index (χ0) is 7.56. The van der Waals surface area contributed by atoms with Crippen molar-refractivity contribution in [3.05, 3.63) is 23.3 Å². The van der Waals surface area contributed by atoms with Gasteiger partial charge in [0.25, 0.3) is 0 Å². The number of aryl methyl sites for hydroxylation is 2. The van der Waals surface area contributed by atoms with Gasteiger partial charge in [-0.15, -0.1) is 0 Å². The highest BCUT2D eigenvalue weighted by molar-refractivity contribution is 5.21. The van der Waals surface area contributed by atoms with E-state index in [4.69, 9.17) is 5.26 Å². The van der Waals surface area contributed by atoms with E-state index in [1.165, 1.54) is 0 Å². The molecule has 0 atom stereocenters. The van der Waals surface area contributed by atoms with Gasteiger partial charge in [0.05, 0.1) is 0 Å². The molecular formula is C7H7N3. The monoisotopic (exact) mass is 133 g/mol. The first-order chi connectivity index (χ1) is 4.72. The van der Waals surface area contributed by atoms with Gasteiger partial charge >= 0.3 is 0 Å². The number of hydrogen-bond acceptors (Lipinski definition) is 3. The SMILES string of the molecule is Cc1cc(C#N)nc(C)n1. The van der Waals surface area contributed by atoms with Crippen molar-refractivity contribution in [2.45, 2.75) is 13.8 Å². The maximum Gasteiger partial charge on any atom is 0.144 e. The van der Waals surface area contributed by atoms with Crippen molar-refractivity contribution in [3.63, 3.8) is 0 Å². The van der Waals surface area contributed by atoms with Crippen molar-refractivity contribution >= 4 is 0 Å². The quantitative estimate of drug-likeness (QED) is 0.529. The lowest BCUT2D eigenvalue weighted by Crippen LogP contribution is -1.92. The van der Waals surface area contributed by atoms with Gasteiger partial charge in [0.2, 0.25) is 0 Å². The number of aromatic nitrogens is 2. The Bertz CT molecular complexity index is 265. The predicted molar refractivity (Wildman–Crippen MR) is 36.2 cm³/mol. The molecule has 10 heavy (non-hydrogen) atoms. The van der Waals surface area contributed by atoms with Crippen LogP contribution < -0.4 is 0 Å². The molecule has 1 aromatic rings. The van der Waals surface area contributed by atoms with Crippen molar-refractivity contribution < 1.29 is 0 Å².